The summed E-state index contributed by atoms with van der Waals surface area (Å²) in [5, 5.41) is 2.16. The van der Waals surface area contributed by atoms with Gasteiger partial charge < -0.3 is 0 Å². The minimum atomic E-state index is 0.538. The lowest BCUT2D eigenvalue weighted by atomic mass is 10.2. The van der Waals surface area contributed by atoms with Crippen LogP contribution in [-0.4, -0.2) is 9.97 Å². The maximum absolute atomic E-state index is 6.12. The summed E-state index contributed by atoms with van der Waals surface area (Å²) in [6.45, 7) is 2.11. The molecule has 0 spiro atoms. The van der Waals surface area contributed by atoms with Gasteiger partial charge in [-0.3, -0.25) is 0 Å². The Hall–Kier alpha value is -0.770. The van der Waals surface area contributed by atoms with Crippen molar-refractivity contribution < 1.29 is 0 Å². The number of hydrogen-bond acceptors (Lipinski definition) is 3. The summed E-state index contributed by atoms with van der Waals surface area (Å²) in [7, 11) is 0. The predicted molar refractivity (Wildman–Crippen MR) is 76.6 cm³/mol. The van der Waals surface area contributed by atoms with Crippen LogP contribution in [0.25, 0.3) is 0 Å². The van der Waals surface area contributed by atoms with Gasteiger partial charge in [-0.15, -0.1) is 0 Å². The fourth-order valence-corrected chi connectivity index (χ4v) is 3.08. The summed E-state index contributed by atoms with van der Waals surface area (Å²) in [6.07, 6.45) is 3.38. The third-order valence-corrected chi connectivity index (χ3v) is 3.96. The van der Waals surface area contributed by atoms with E-state index in [-0.39, 0.29) is 0 Å². The van der Waals surface area contributed by atoms with Crippen molar-refractivity contribution in [3.8, 4) is 0 Å². The Kier molecular flexibility index (Phi) is 4.87. The average molecular weight is 299 g/mol. The molecule has 0 saturated heterocycles. The Balaban J connectivity index is 2.31. The maximum Gasteiger partial charge on any atom is 0.136 e. The smallest absolute Gasteiger partial charge is 0.136 e. The molecular formula is C13H12Cl2N2S. The second-order valence-electron chi connectivity index (χ2n) is 3.76. The molecule has 5 heteroatoms. The molecule has 0 atom stereocenters. The molecule has 1 aromatic carbocycles. The van der Waals surface area contributed by atoms with E-state index in [1.165, 1.54) is 6.33 Å². The summed E-state index contributed by atoms with van der Waals surface area (Å²) >= 11 is 13.6. The molecule has 0 fully saturated rings. The summed E-state index contributed by atoms with van der Waals surface area (Å²) < 4.78 is 0. The lowest BCUT2D eigenvalue weighted by Gasteiger charge is -2.08. The van der Waals surface area contributed by atoms with Gasteiger partial charge in [-0.25, -0.2) is 9.97 Å². The van der Waals surface area contributed by atoms with E-state index in [2.05, 4.69) is 16.9 Å². The topological polar surface area (TPSA) is 25.8 Å². The van der Waals surface area contributed by atoms with Crippen LogP contribution in [0.4, 0.5) is 0 Å². The summed E-state index contributed by atoms with van der Waals surface area (Å²) in [4.78, 5) is 9.39. The van der Waals surface area contributed by atoms with Crippen LogP contribution < -0.4 is 0 Å². The van der Waals surface area contributed by atoms with Crippen molar-refractivity contribution in [2.75, 3.05) is 0 Å². The molecular weight excluding hydrogens is 287 g/mol. The van der Waals surface area contributed by atoms with E-state index in [0.29, 0.717) is 5.15 Å². The van der Waals surface area contributed by atoms with Gasteiger partial charge in [0.15, 0.2) is 0 Å². The van der Waals surface area contributed by atoms with E-state index < -0.39 is 0 Å². The highest BCUT2D eigenvalue weighted by molar-refractivity contribution is 7.99. The zero-order chi connectivity index (χ0) is 13.0. The van der Waals surface area contributed by atoms with Gasteiger partial charge in [0, 0.05) is 15.5 Å². The van der Waals surface area contributed by atoms with Gasteiger partial charge in [0.2, 0.25) is 0 Å². The van der Waals surface area contributed by atoms with Crippen LogP contribution in [0.3, 0.4) is 0 Å². The van der Waals surface area contributed by atoms with Gasteiger partial charge >= 0.3 is 0 Å². The van der Waals surface area contributed by atoms with Crippen LogP contribution >= 0.6 is 35.0 Å². The molecule has 0 aliphatic carbocycles. The minimum absolute atomic E-state index is 0.538. The molecule has 0 unspecified atom stereocenters. The Morgan fingerprint density at radius 3 is 2.78 bits per heavy atom. The summed E-state index contributed by atoms with van der Waals surface area (Å²) in [5.41, 5.74) is 1.01. The van der Waals surface area contributed by atoms with Gasteiger partial charge in [-0.1, -0.05) is 54.4 Å². The molecule has 0 amide bonds. The van der Waals surface area contributed by atoms with E-state index >= 15 is 0 Å². The lowest BCUT2D eigenvalue weighted by Crippen LogP contribution is -1.95. The highest BCUT2D eigenvalue weighted by Gasteiger charge is 2.10. The van der Waals surface area contributed by atoms with E-state index in [1.807, 2.05) is 24.3 Å². The monoisotopic (exact) mass is 298 g/mol. The van der Waals surface area contributed by atoms with Crippen LogP contribution in [0.5, 0.6) is 0 Å². The number of aromatic nitrogens is 2. The van der Waals surface area contributed by atoms with Gasteiger partial charge in [0.25, 0.3) is 0 Å². The molecule has 2 nitrogen and oxygen atoms in total. The van der Waals surface area contributed by atoms with Crippen molar-refractivity contribution in [2.24, 2.45) is 0 Å². The zero-order valence-corrected chi connectivity index (χ0v) is 12.2. The second kappa shape index (κ2) is 6.41. The Labute approximate surface area is 121 Å². The van der Waals surface area contributed by atoms with Crippen molar-refractivity contribution in [3.05, 3.63) is 46.3 Å². The molecule has 94 valence electrons. The molecule has 0 N–H and O–H groups in total. The largest absolute Gasteiger partial charge is 0.229 e. The molecule has 0 saturated carbocycles. The minimum Gasteiger partial charge on any atom is -0.229 e. The van der Waals surface area contributed by atoms with Crippen LogP contribution in [0.1, 0.15) is 18.9 Å². The molecule has 0 radical (unpaired) electrons. The molecule has 0 aliphatic heterocycles. The highest BCUT2D eigenvalue weighted by atomic mass is 35.5. The Morgan fingerprint density at radius 1 is 1.22 bits per heavy atom. The molecule has 0 bridgehead atoms. The molecule has 2 aromatic rings. The first kappa shape index (κ1) is 13.7. The fraction of sp³-hybridized carbons (Fsp3) is 0.231. The molecule has 0 aliphatic rings. The third kappa shape index (κ3) is 3.37. The normalized spacial score (nSPS) is 10.6. The summed E-state index contributed by atoms with van der Waals surface area (Å²) in [6, 6.07) is 7.69. The van der Waals surface area contributed by atoms with E-state index in [9.17, 15) is 0 Å². The van der Waals surface area contributed by atoms with E-state index in [1.54, 1.807) is 11.8 Å². The Morgan fingerprint density at radius 2 is 2.06 bits per heavy atom. The predicted octanol–water partition coefficient (Wildman–Crippen LogP) is 4.89. The fourth-order valence-electron chi connectivity index (χ4n) is 1.57. The molecule has 18 heavy (non-hydrogen) atoms. The number of benzene rings is 1. The number of rotatable bonds is 4. The van der Waals surface area contributed by atoms with Gasteiger partial charge in [0.05, 0.1) is 0 Å². The van der Waals surface area contributed by atoms with Crippen LogP contribution in [0.15, 0.2) is 40.5 Å². The van der Waals surface area contributed by atoms with Crippen molar-refractivity contribution in [3.63, 3.8) is 0 Å². The van der Waals surface area contributed by atoms with E-state index in [4.69, 9.17) is 23.2 Å². The van der Waals surface area contributed by atoms with Crippen LogP contribution in [0.2, 0.25) is 10.2 Å². The quantitative estimate of drug-likeness (QED) is 0.752. The van der Waals surface area contributed by atoms with E-state index in [0.717, 1.165) is 33.3 Å². The van der Waals surface area contributed by atoms with Gasteiger partial charge in [-0.2, -0.15) is 0 Å². The van der Waals surface area contributed by atoms with Crippen molar-refractivity contribution in [2.45, 2.75) is 29.7 Å². The first-order chi connectivity index (χ1) is 8.70. The summed E-state index contributed by atoms with van der Waals surface area (Å²) in [5.74, 6) is 0. The highest BCUT2D eigenvalue weighted by Crippen LogP contribution is 2.32. The SMILES string of the molecule is CCCc1c(Cl)ncnc1Sc1cccc(Cl)c1. The molecule has 2 rings (SSSR count). The standard InChI is InChI=1S/C13H12Cl2N2S/c1-2-4-11-12(15)16-8-17-13(11)18-10-6-3-5-9(14)7-10/h3,5-8H,2,4H2,1H3. The van der Waals surface area contributed by atoms with Crippen molar-refractivity contribution in [1.82, 2.24) is 9.97 Å². The molecule has 1 heterocycles. The number of hydrogen-bond donors (Lipinski definition) is 0. The number of nitrogens with zero attached hydrogens (tertiary/aromatic N) is 2. The first-order valence-corrected chi connectivity index (χ1v) is 7.20. The third-order valence-electron chi connectivity index (χ3n) is 2.36. The van der Waals surface area contributed by atoms with Crippen molar-refractivity contribution >= 4 is 35.0 Å². The van der Waals surface area contributed by atoms with Crippen molar-refractivity contribution in [1.29, 1.82) is 0 Å². The van der Waals surface area contributed by atoms with Gasteiger partial charge in [0.1, 0.15) is 16.5 Å². The maximum atomic E-state index is 6.12. The van der Waals surface area contributed by atoms with Gasteiger partial charge in [-0.05, 0) is 24.6 Å². The Bertz CT molecular complexity index is 546. The van der Waals surface area contributed by atoms with Crippen LogP contribution in [-0.2, 0) is 6.42 Å². The average Bonchev–Trinajstić information content (AvgIpc) is 2.34. The second-order valence-corrected chi connectivity index (χ2v) is 5.61. The molecule has 1 aromatic heterocycles. The number of halogens is 2. The zero-order valence-electron chi connectivity index (χ0n) is 9.86. The lowest BCUT2D eigenvalue weighted by molar-refractivity contribution is 0.856. The van der Waals surface area contributed by atoms with Crippen LogP contribution in [0, 0.1) is 0 Å². The first-order valence-electron chi connectivity index (χ1n) is 5.63.